The summed E-state index contributed by atoms with van der Waals surface area (Å²) in [4.78, 5) is 11.4. The SMILES string of the molecule is CC(C)(C)OC(=O)CNCC[C@H]1CCNC1. The van der Waals surface area contributed by atoms with E-state index in [9.17, 15) is 4.79 Å². The average molecular weight is 228 g/mol. The van der Waals surface area contributed by atoms with E-state index >= 15 is 0 Å². The molecule has 0 aliphatic carbocycles. The van der Waals surface area contributed by atoms with Crippen molar-refractivity contribution in [1.29, 1.82) is 0 Å². The number of ether oxygens (including phenoxy) is 1. The lowest BCUT2D eigenvalue weighted by atomic mass is 10.1. The Balaban J connectivity index is 2.00. The van der Waals surface area contributed by atoms with Crippen molar-refractivity contribution in [3.05, 3.63) is 0 Å². The molecule has 1 fully saturated rings. The van der Waals surface area contributed by atoms with Gasteiger partial charge in [0.2, 0.25) is 0 Å². The normalized spacial score (nSPS) is 21.1. The van der Waals surface area contributed by atoms with Gasteiger partial charge in [0, 0.05) is 0 Å². The second kappa shape index (κ2) is 6.21. The van der Waals surface area contributed by atoms with E-state index in [0.29, 0.717) is 6.54 Å². The lowest BCUT2D eigenvalue weighted by Crippen LogP contribution is -2.32. The van der Waals surface area contributed by atoms with Gasteiger partial charge in [-0.2, -0.15) is 0 Å². The summed E-state index contributed by atoms with van der Waals surface area (Å²) < 4.78 is 5.20. The smallest absolute Gasteiger partial charge is 0.320 e. The molecular formula is C12H24N2O2. The van der Waals surface area contributed by atoms with E-state index in [-0.39, 0.29) is 11.6 Å². The third-order valence-electron chi connectivity index (χ3n) is 2.58. The summed E-state index contributed by atoms with van der Waals surface area (Å²) >= 11 is 0. The first kappa shape index (κ1) is 13.5. The average Bonchev–Trinajstić information content (AvgIpc) is 2.62. The molecule has 0 radical (unpaired) electrons. The molecule has 0 bridgehead atoms. The predicted molar refractivity (Wildman–Crippen MR) is 64.3 cm³/mol. The summed E-state index contributed by atoms with van der Waals surface area (Å²) in [6, 6.07) is 0. The van der Waals surface area contributed by atoms with Crippen molar-refractivity contribution in [1.82, 2.24) is 10.6 Å². The van der Waals surface area contributed by atoms with Crippen LogP contribution < -0.4 is 10.6 Å². The van der Waals surface area contributed by atoms with Gasteiger partial charge in [-0.1, -0.05) is 0 Å². The molecule has 1 aliphatic rings. The highest BCUT2D eigenvalue weighted by atomic mass is 16.6. The van der Waals surface area contributed by atoms with Crippen LogP contribution in [0.3, 0.4) is 0 Å². The largest absolute Gasteiger partial charge is 0.459 e. The summed E-state index contributed by atoms with van der Waals surface area (Å²) in [6.45, 7) is 9.12. The van der Waals surface area contributed by atoms with Crippen LogP contribution in [-0.2, 0) is 9.53 Å². The molecule has 0 amide bonds. The van der Waals surface area contributed by atoms with Gasteiger partial charge >= 0.3 is 5.97 Å². The van der Waals surface area contributed by atoms with E-state index in [1.165, 1.54) is 6.42 Å². The fourth-order valence-electron chi connectivity index (χ4n) is 1.84. The standard InChI is InChI=1S/C12H24N2O2/c1-12(2,3)16-11(15)9-14-7-5-10-4-6-13-8-10/h10,13-14H,4-9H2,1-3H3/t10-/m1/s1. The fourth-order valence-corrected chi connectivity index (χ4v) is 1.84. The number of carbonyl (C=O) groups is 1. The highest BCUT2D eigenvalue weighted by Crippen LogP contribution is 2.10. The molecule has 1 atom stereocenters. The molecule has 0 spiro atoms. The Morgan fingerprint density at radius 2 is 2.25 bits per heavy atom. The highest BCUT2D eigenvalue weighted by molar-refractivity contribution is 5.72. The van der Waals surface area contributed by atoms with Crippen LogP contribution in [0.15, 0.2) is 0 Å². The van der Waals surface area contributed by atoms with Crippen molar-refractivity contribution in [2.24, 2.45) is 5.92 Å². The van der Waals surface area contributed by atoms with E-state index in [1.54, 1.807) is 0 Å². The quantitative estimate of drug-likeness (QED) is 0.542. The summed E-state index contributed by atoms with van der Waals surface area (Å²) in [5, 5.41) is 6.47. The van der Waals surface area contributed by atoms with E-state index < -0.39 is 0 Å². The van der Waals surface area contributed by atoms with Crippen LogP contribution in [0.25, 0.3) is 0 Å². The minimum Gasteiger partial charge on any atom is -0.459 e. The molecule has 16 heavy (non-hydrogen) atoms. The van der Waals surface area contributed by atoms with Crippen LogP contribution in [0.2, 0.25) is 0 Å². The molecule has 0 aromatic rings. The summed E-state index contributed by atoms with van der Waals surface area (Å²) in [5.74, 6) is 0.600. The molecule has 0 aromatic heterocycles. The number of hydrogen-bond acceptors (Lipinski definition) is 4. The summed E-state index contributed by atoms with van der Waals surface area (Å²) in [6.07, 6.45) is 2.39. The van der Waals surface area contributed by atoms with Crippen LogP contribution in [0.1, 0.15) is 33.6 Å². The first-order valence-corrected chi connectivity index (χ1v) is 6.10. The third kappa shape index (κ3) is 6.08. The van der Waals surface area contributed by atoms with Gasteiger partial charge in [-0.05, 0) is 59.2 Å². The molecule has 0 aromatic carbocycles. The zero-order chi connectivity index (χ0) is 12.0. The van der Waals surface area contributed by atoms with E-state index in [4.69, 9.17) is 4.74 Å². The lowest BCUT2D eigenvalue weighted by Gasteiger charge is -2.19. The predicted octanol–water partition coefficient (Wildman–Crippen LogP) is 0.917. The Morgan fingerprint density at radius 1 is 1.50 bits per heavy atom. The van der Waals surface area contributed by atoms with Gasteiger partial charge in [0.05, 0.1) is 6.54 Å². The zero-order valence-electron chi connectivity index (χ0n) is 10.6. The number of nitrogens with one attached hydrogen (secondary N) is 2. The van der Waals surface area contributed by atoms with Gasteiger partial charge in [0.25, 0.3) is 0 Å². The van der Waals surface area contributed by atoms with E-state index in [2.05, 4.69) is 10.6 Å². The van der Waals surface area contributed by atoms with Crippen LogP contribution in [0.4, 0.5) is 0 Å². The van der Waals surface area contributed by atoms with Crippen LogP contribution in [0.5, 0.6) is 0 Å². The third-order valence-corrected chi connectivity index (χ3v) is 2.58. The molecular weight excluding hydrogens is 204 g/mol. The summed E-state index contributed by atoms with van der Waals surface area (Å²) in [7, 11) is 0. The molecule has 0 unspecified atom stereocenters. The van der Waals surface area contributed by atoms with Crippen LogP contribution >= 0.6 is 0 Å². The Morgan fingerprint density at radius 3 is 2.81 bits per heavy atom. The van der Waals surface area contributed by atoms with E-state index in [0.717, 1.165) is 32.0 Å². The van der Waals surface area contributed by atoms with Crippen molar-refractivity contribution < 1.29 is 9.53 Å². The monoisotopic (exact) mass is 228 g/mol. The zero-order valence-corrected chi connectivity index (χ0v) is 10.6. The molecule has 4 nitrogen and oxygen atoms in total. The molecule has 1 heterocycles. The van der Waals surface area contributed by atoms with Gasteiger partial charge in [-0.3, -0.25) is 4.79 Å². The maximum atomic E-state index is 11.4. The molecule has 0 saturated carbocycles. The fraction of sp³-hybridized carbons (Fsp3) is 0.917. The minimum absolute atomic E-state index is 0.169. The number of carbonyl (C=O) groups excluding carboxylic acids is 1. The van der Waals surface area contributed by atoms with Crippen LogP contribution in [-0.4, -0.2) is 37.7 Å². The van der Waals surface area contributed by atoms with Gasteiger partial charge in [0.15, 0.2) is 0 Å². The minimum atomic E-state index is -0.381. The van der Waals surface area contributed by atoms with Gasteiger partial charge in [0.1, 0.15) is 5.60 Å². The van der Waals surface area contributed by atoms with Crippen LogP contribution in [0, 0.1) is 5.92 Å². The topological polar surface area (TPSA) is 50.4 Å². The van der Waals surface area contributed by atoms with Crippen molar-refractivity contribution in [2.75, 3.05) is 26.2 Å². The van der Waals surface area contributed by atoms with Gasteiger partial charge in [-0.25, -0.2) is 0 Å². The molecule has 94 valence electrons. The highest BCUT2D eigenvalue weighted by Gasteiger charge is 2.16. The first-order chi connectivity index (χ1) is 7.47. The first-order valence-electron chi connectivity index (χ1n) is 6.10. The molecule has 4 heteroatoms. The molecule has 2 N–H and O–H groups in total. The van der Waals surface area contributed by atoms with Crippen molar-refractivity contribution in [2.45, 2.75) is 39.2 Å². The Bertz CT molecular complexity index is 218. The Hall–Kier alpha value is -0.610. The number of hydrogen-bond donors (Lipinski definition) is 2. The van der Waals surface area contributed by atoms with Crippen molar-refractivity contribution in [3.63, 3.8) is 0 Å². The molecule has 1 saturated heterocycles. The maximum absolute atomic E-state index is 11.4. The second-order valence-corrected chi connectivity index (χ2v) is 5.41. The van der Waals surface area contributed by atoms with Gasteiger partial charge < -0.3 is 15.4 Å². The lowest BCUT2D eigenvalue weighted by molar-refractivity contribution is -0.153. The van der Waals surface area contributed by atoms with Gasteiger partial charge in [-0.15, -0.1) is 0 Å². The molecule has 1 rings (SSSR count). The second-order valence-electron chi connectivity index (χ2n) is 5.41. The van der Waals surface area contributed by atoms with Crippen molar-refractivity contribution >= 4 is 5.97 Å². The Kier molecular flexibility index (Phi) is 5.22. The summed E-state index contributed by atoms with van der Waals surface area (Å²) in [5.41, 5.74) is -0.381. The Labute approximate surface area is 98.1 Å². The molecule has 1 aliphatic heterocycles. The maximum Gasteiger partial charge on any atom is 0.320 e. The van der Waals surface area contributed by atoms with Crippen molar-refractivity contribution in [3.8, 4) is 0 Å². The number of esters is 1. The number of rotatable bonds is 5. The van der Waals surface area contributed by atoms with E-state index in [1.807, 2.05) is 20.8 Å².